The van der Waals surface area contributed by atoms with Crippen LogP contribution in [0.2, 0.25) is 0 Å². The molecule has 0 spiro atoms. The fraction of sp³-hybridized carbons (Fsp3) is 0.889. The van der Waals surface area contributed by atoms with Crippen molar-refractivity contribution in [2.75, 3.05) is 0 Å². The van der Waals surface area contributed by atoms with Gasteiger partial charge in [-0.1, -0.05) is 0 Å². The van der Waals surface area contributed by atoms with Gasteiger partial charge in [0, 0.05) is 16.4 Å². The van der Waals surface area contributed by atoms with Gasteiger partial charge in [0.15, 0.2) is 0 Å². The maximum absolute atomic E-state index is 3.24. The van der Waals surface area contributed by atoms with Gasteiger partial charge in [-0.2, -0.15) is 0 Å². The number of hydrogen-bond acceptors (Lipinski definition) is 2. The largest absolute Gasteiger partial charge is 0.241 e. The Morgan fingerprint density at radius 3 is 1.75 bits per heavy atom. The third-order valence-electron chi connectivity index (χ3n) is 0.834. The summed E-state index contributed by atoms with van der Waals surface area (Å²) in [6, 6.07) is 0. The van der Waals surface area contributed by atoms with Crippen LogP contribution in [0.1, 0.15) is 41.5 Å². The van der Waals surface area contributed by atoms with E-state index in [2.05, 4.69) is 56.9 Å². The van der Waals surface area contributed by atoms with Crippen molar-refractivity contribution in [2.45, 2.75) is 52.6 Å². The van der Waals surface area contributed by atoms with E-state index in [1.54, 1.807) is 0 Å². The molecule has 0 heterocycles. The lowest BCUT2D eigenvalue weighted by atomic mass is 10.1. The third kappa shape index (κ3) is 9.92. The molecule has 0 aromatic carbocycles. The van der Waals surface area contributed by atoms with Gasteiger partial charge < -0.3 is 0 Å². The average Bonchev–Trinajstić information content (AvgIpc) is 1.76. The Bertz CT molecular complexity index is 167. The predicted molar refractivity (Wildman–Crippen MR) is 57.3 cm³/mol. The molecule has 0 fully saturated rings. The Hall–Kier alpha value is -0.0800. The van der Waals surface area contributed by atoms with E-state index in [9.17, 15) is 0 Å². The highest BCUT2D eigenvalue weighted by molar-refractivity contribution is 7.86. The first-order chi connectivity index (χ1) is 5.21. The minimum Gasteiger partial charge on any atom is -0.241 e. The fourth-order valence-electron chi connectivity index (χ4n) is 0.357. The van der Waals surface area contributed by atoms with E-state index in [0.29, 0.717) is 0 Å². The molecule has 0 aliphatic heterocycles. The van der Waals surface area contributed by atoms with Gasteiger partial charge in [0.25, 0.3) is 0 Å². The van der Waals surface area contributed by atoms with Crippen LogP contribution < -0.4 is 10.0 Å². The summed E-state index contributed by atoms with van der Waals surface area (Å²) in [6.07, 6.45) is 0. The molecule has 0 saturated heterocycles. The first-order valence-electron chi connectivity index (χ1n) is 4.16. The van der Waals surface area contributed by atoms with Crippen molar-refractivity contribution in [1.29, 1.82) is 0 Å². The van der Waals surface area contributed by atoms with E-state index in [1.807, 2.05) is 0 Å². The van der Waals surface area contributed by atoms with Crippen molar-refractivity contribution in [3.63, 3.8) is 0 Å². The van der Waals surface area contributed by atoms with Gasteiger partial charge in [0.2, 0.25) is 0 Å². The standard InChI is InChI=1S/C9H20N2S/c1-8(2,3)10-7-12-11-9(4,5)6/h10-11H,1-6H3. The highest BCUT2D eigenvalue weighted by Crippen LogP contribution is 2.00. The summed E-state index contributed by atoms with van der Waals surface area (Å²) in [4.78, 5) is 0. The van der Waals surface area contributed by atoms with E-state index in [4.69, 9.17) is 0 Å². The Morgan fingerprint density at radius 2 is 1.42 bits per heavy atom. The van der Waals surface area contributed by atoms with E-state index < -0.39 is 0 Å². The first-order valence-corrected chi connectivity index (χ1v) is 4.97. The molecule has 0 rings (SSSR count). The molecule has 0 aromatic rings. The van der Waals surface area contributed by atoms with Gasteiger partial charge in [-0.3, -0.25) is 0 Å². The number of hydrogen-bond donors (Lipinski definition) is 2. The first kappa shape index (κ1) is 11.9. The second-order valence-corrected chi connectivity index (χ2v) is 5.54. The summed E-state index contributed by atoms with van der Waals surface area (Å²) in [5.74, 6) is 0. The zero-order chi connectivity index (χ0) is 9.83. The number of rotatable bonds is 0. The van der Waals surface area contributed by atoms with Gasteiger partial charge in [-0.05, 0) is 52.9 Å². The summed E-state index contributed by atoms with van der Waals surface area (Å²) in [5.41, 5.74) is 0.240. The molecular formula is C9H20N2S. The van der Waals surface area contributed by atoms with Crippen LogP contribution in [-0.2, 0) is 0 Å². The van der Waals surface area contributed by atoms with Crippen LogP contribution in [0.3, 0.4) is 0 Å². The van der Waals surface area contributed by atoms with Crippen LogP contribution in [-0.4, -0.2) is 11.1 Å². The lowest BCUT2D eigenvalue weighted by molar-refractivity contribution is 0.503. The minimum absolute atomic E-state index is 0.104. The van der Waals surface area contributed by atoms with Crippen molar-refractivity contribution < 1.29 is 0 Å². The summed E-state index contributed by atoms with van der Waals surface area (Å²) in [7, 11) is 0. The van der Waals surface area contributed by atoms with E-state index in [1.165, 1.54) is 11.4 Å². The quantitative estimate of drug-likeness (QED) is 0.450. The van der Waals surface area contributed by atoms with Gasteiger partial charge in [-0.25, -0.2) is 10.0 Å². The Kier molecular flexibility index (Phi) is 4.21. The Labute approximate surface area is 79.9 Å². The zero-order valence-corrected chi connectivity index (χ0v) is 9.72. The molecule has 0 unspecified atom stereocenters. The molecule has 12 heavy (non-hydrogen) atoms. The average molecular weight is 188 g/mol. The van der Waals surface area contributed by atoms with Gasteiger partial charge >= 0.3 is 0 Å². The summed E-state index contributed by atoms with van der Waals surface area (Å²) < 4.78 is 3.24. The van der Waals surface area contributed by atoms with Crippen molar-refractivity contribution in [3.8, 4) is 5.31 Å². The number of nitrogens with one attached hydrogen (secondary N) is 2. The molecule has 2 N–H and O–H groups in total. The summed E-state index contributed by atoms with van der Waals surface area (Å²) >= 11 is 1.48. The fourth-order valence-corrected chi connectivity index (χ4v) is 1.07. The highest BCUT2D eigenvalue weighted by Gasteiger charge is 2.07. The minimum atomic E-state index is 0.104. The molecule has 0 aliphatic rings. The van der Waals surface area contributed by atoms with Crippen LogP contribution >= 0.6 is 11.4 Å². The van der Waals surface area contributed by atoms with Gasteiger partial charge in [-0.15, -0.1) is 0 Å². The monoisotopic (exact) mass is 188 g/mol. The summed E-state index contributed by atoms with van der Waals surface area (Å²) in [5, 5.41) is 6.18. The Morgan fingerprint density at radius 1 is 0.917 bits per heavy atom. The molecule has 0 bridgehead atoms. The second-order valence-electron chi connectivity index (χ2n) is 4.93. The molecule has 0 atom stereocenters. The maximum atomic E-state index is 3.24. The van der Waals surface area contributed by atoms with Crippen LogP contribution in [0.4, 0.5) is 0 Å². The predicted octanol–water partition coefficient (Wildman–Crippen LogP) is 2.33. The molecule has 0 aromatic heterocycles. The maximum Gasteiger partial charge on any atom is 0.0240 e. The van der Waals surface area contributed by atoms with Crippen molar-refractivity contribution in [3.05, 3.63) is 0 Å². The third-order valence-corrected chi connectivity index (χ3v) is 1.75. The van der Waals surface area contributed by atoms with Gasteiger partial charge in [0.05, 0.1) is 0 Å². The topological polar surface area (TPSA) is 24.1 Å². The molecule has 72 valence electrons. The van der Waals surface area contributed by atoms with Crippen LogP contribution in [0.5, 0.6) is 0 Å². The van der Waals surface area contributed by atoms with Crippen LogP contribution in [0.15, 0.2) is 0 Å². The molecule has 3 heteroatoms. The van der Waals surface area contributed by atoms with Crippen molar-refractivity contribution >= 4 is 11.4 Å². The lowest BCUT2D eigenvalue weighted by Gasteiger charge is -2.16. The second kappa shape index (κ2) is 4.24. The molecular weight excluding hydrogens is 168 g/mol. The van der Waals surface area contributed by atoms with Crippen molar-refractivity contribution in [1.82, 2.24) is 10.0 Å². The SMILES string of the molecule is CC(C)(C)NC#SNC(C)(C)C. The molecule has 0 aliphatic carbocycles. The van der Waals surface area contributed by atoms with E-state index >= 15 is 0 Å². The molecule has 2 nitrogen and oxygen atoms in total. The van der Waals surface area contributed by atoms with Gasteiger partial charge in [0.1, 0.15) is 0 Å². The van der Waals surface area contributed by atoms with E-state index in [-0.39, 0.29) is 11.1 Å². The zero-order valence-electron chi connectivity index (χ0n) is 8.91. The normalized spacial score (nSPS) is 12.5. The Balaban J connectivity index is 3.77. The molecule has 0 saturated carbocycles. The molecule has 0 amide bonds. The smallest absolute Gasteiger partial charge is 0.0240 e. The van der Waals surface area contributed by atoms with E-state index in [0.717, 1.165) is 0 Å². The highest BCUT2D eigenvalue weighted by atomic mass is 32.1. The lowest BCUT2D eigenvalue weighted by Crippen LogP contribution is -2.32. The summed E-state index contributed by atoms with van der Waals surface area (Å²) in [6.45, 7) is 12.7. The van der Waals surface area contributed by atoms with Crippen molar-refractivity contribution in [2.24, 2.45) is 0 Å². The van der Waals surface area contributed by atoms with Crippen LogP contribution in [0.25, 0.3) is 0 Å². The van der Waals surface area contributed by atoms with Crippen LogP contribution in [0, 0.1) is 5.31 Å². The molecule has 0 radical (unpaired) electrons.